The number of carbonyl (C=O) groups is 1. The number of nitrogens with one attached hydrogen (secondary N) is 2. The average molecular weight is 469 g/mol. The molecule has 0 saturated carbocycles. The number of hydrogen-bond donors (Lipinski definition) is 3. The van der Waals surface area contributed by atoms with Gasteiger partial charge in [0.05, 0.1) is 11.0 Å². The topological polar surface area (TPSA) is 110 Å². The fraction of sp³-hybridized carbons (Fsp3) is 0.174. The Morgan fingerprint density at radius 3 is 2.50 bits per heavy atom. The number of nitrogens with two attached hydrogens (primary N) is 1. The van der Waals surface area contributed by atoms with Crippen LogP contribution in [-0.4, -0.2) is 17.0 Å². The predicted octanol–water partition coefficient (Wildman–Crippen LogP) is 4.80. The Morgan fingerprint density at radius 2 is 1.84 bits per heavy atom. The van der Waals surface area contributed by atoms with Crippen molar-refractivity contribution < 1.29 is 9.72 Å². The van der Waals surface area contributed by atoms with E-state index < -0.39 is 11.0 Å². The molecule has 3 aromatic rings. The van der Waals surface area contributed by atoms with Crippen LogP contribution >= 0.6 is 23.1 Å². The fourth-order valence-corrected chi connectivity index (χ4v) is 4.59. The second-order valence-electron chi connectivity index (χ2n) is 7.00. The number of thiophene rings is 1. The zero-order valence-electron chi connectivity index (χ0n) is 17.3. The smallest absolute Gasteiger partial charge is 0.315 e. The van der Waals surface area contributed by atoms with Crippen LogP contribution < -0.4 is 16.4 Å². The molecule has 0 fully saturated rings. The Hall–Kier alpha value is -3.30. The summed E-state index contributed by atoms with van der Waals surface area (Å²) in [4.78, 5) is 24.2. The maximum absolute atomic E-state index is 12.5. The molecule has 0 bridgehead atoms. The summed E-state index contributed by atoms with van der Waals surface area (Å²) >= 11 is 3.24. The largest absolute Gasteiger partial charge is 0.400 e. The van der Waals surface area contributed by atoms with Crippen LogP contribution in [0.1, 0.15) is 16.0 Å². The van der Waals surface area contributed by atoms with E-state index in [9.17, 15) is 14.9 Å². The van der Waals surface area contributed by atoms with Crippen molar-refractivity contribution in [2.75, 3.05) is 0 Å². The Balaban J connectivity index is 1.65. The lowest BCUT2D eigenvalue weighted by Gasteiger charge is -2.20. The van der Waals surface area contributed by atoms with E-state index in [1.807, 2.05) is 47.2 Å². The number of urea groups is 1. The molecule has 0 saturated heterocycles. The molecule has 4 N–H and O–H groups in total. The zero-order chi connectivity index (χ0) is 22.8. The number of hydrogen-bond acceptors (Lipinski definition) is 6. The van der Waals surface area contributed by atoms with Gasteiger partial charge in [0.2, 0.25) is 0 Å². The maximum Gasteiger partial charge on any atom is 0.315 e. The van der Waals surface area contributed by atoms with Crippen LogP contribution in [0.3, 0.4) is 0 Å². The van der Waals surface area contributed by atoms with Gasteiger partial charge in [-0.15, -0.1) is 23.1 Å². The third kappa shape index (κ3) is 7.44. The van der Waals surface area contributed by atoms with E-state index in [1.165, 1.54) is 17.0 Å². The van der Waals surface area contributed by atoms with E-state index in [0.717, 1.165) is 16.9 Å². The average Bonchev–Trinajstić information content (AvgIpc) is 3.32. The molecular formula is C23H24N4O3S2. The number of nitro groups is 1. The molecule has 2 amide bonds. The number of non-ortho nitro benzene ring substituents is 1. The Morgan fingerprint density at radius 1 is 1.09 bits per heavy atom. The highest BCUT2D eigenvalue weighted by molar-refractivity contribution is 8.01. The maximum atomic E-state index is 12.5. The van der Waals surface area contributed by atoms with Crippen molar-refractivity contribution in [1.29, 1.82) is 0 Å². The molecule has 9 heteroatoms. The first-order valence-electron chi connectivity index (χ1n) is 9.92. The van der Waals surface area contributed by atoms with Crippen molar-refractivity contribution in [3.8, 4) is 0 Å². The summed E-state index contributed by atoms with van der Waals surface area (Å²) in [7, 11) is 0. The highest BCUT2D eigenvalue weighted by atomic mass is 32.2. The molecule has 166 valence electrons. The van der Waals surface area contributed by atoms with Gasteiger partial charge < -0.3 is 16.4 Å². The van der Waals surface area contributed by atoms with Gasteiger partial charge >= 0.3 is 6.03 Å². The molecule has 1 aromatic heterocycles. The summed E-state index contributed by atoms with van der Waals surface area (Å²) < 4.78 is 0. The molecule has 0 aliphatic rings. The molecule has 0 unspecified atom stereocenters. The Kier molecular flexibility index (Phi) is 8.70. The van der Waals surface area contributed by atoms with Gasteiger partial charge in [0.15, 0.2) is 0 Å². The Bertz CT molecular complexity index is 1040. The van der Waals surface area contributed by atoms with E-state index in [-0.39, 0.29) is 11.7 Å². The van der Waals surface area contributed by atoms with E-state index in [2.05, 4.69) is 16.7 Å². The molecular weight excluding hydrogens is 444 g/mol. The zero-order valence-corrected chi connectivity index (χ0v) is 18.9. The molecule has 0 spiro atoms. The van der Waals surface area contributed by atoms with Crippen LogP contribution in [0.15, 0.2) is 83.2 Å². The van der Waals surface area contributed by atoms with Crippen molar-refractivity contribution in [2.24, 2.45) is 5.73 Å². The summed E-state index contributed by atoms with van der Waals surface area (Å²) in [6.45, 7) is 0.396. The summed E-state index contributed by atoms with van der Waals surface area (Å²) in [5, 5.41) is 20.6. The molecule has 1 atom stereocenters. The van der Waals surface area contributed by atoms with Gasteiger partial charge in [-0.25, -0.2) is 4.79 Å². The van der Waals surface area contributed by atoms with Crippen molar-refractivity contribution in [3.63, 3.8) is 0 Å². The molecule has 1 heterocycles. The molecule has 0 radical (unpaired) electrons. The lowest BCUT2D eigenvalue weighted by atomic mass is 10.0. The third-order valence-corrected chi connectivity index (χ3v) is 6.59. The van der Waals surface area contributed by atoms with E-state index >= 15 is 0 Å². The fourth-order valence-electron chi connectivity index (χ4n) is 2.93. The van der Waals surface area contributed by atoms with Crippen LogP contribution in [0, 0.1) is 10.1 Å². The van der Waals surface area contributed by atoms with E-state index in [1.54, 1.807) is 35.2 Å². The van der Waals surface area contributed by atoms with Crippen LogP contribution in [0.2, 0.25) is 0 Å². The van der Waals surface area contributed by atoms with Crippen molar-refractivity contribution in [3.05, 3.63) is 109 Å². The van der Waals surface area contributed by atoms with Gasteiger partial charge in [-0.05, 0) is 34.4 Å². The van der Waals surface area contributed by atoms with Crippen LogP contribution in [-0.2, 0) is 18.7 Å². The van der Waals surface area contributed by atoms with E-state index in [4.69, 9.17) is 5.73 Å². The second kappa shape index (κ2) is 11.9. The monoisotopic (exact) mass is 468 g/mol. The number of benzene rings is 2. The number of nitrogens with zero attached hydrogens (tertiary/aromatic N) is 1. The highest BCUT2D eigenvalue weighted by Gasteiger charge is 2.17. The number of nitro benzene ring substituents is 1. The van der Waals surface area contributed by atoms with Gasteiger partial charge in [0.1, 0.15) is 0 Å². The van der Waals surface area contributed by atoms with Crippen LogP contribution in [0.25, 0.3) is 0 Å². The van der Waals surface area contributed by atoms with Gasteiger partial charge in [-0.2, -0.15) is 0 Å². The number of amides is 2. The highest BCUT2D eigenvalue weighted by Crippen LogP contribution is 2.20. The van der Waals surface area contributed by atoms with Crippen molar-refractivity contribution in [1.82, 2.24) is 10.6 Å². The standard InChI is InChI=1S/C23H24N4O3S2/c24-21(16-31-15-20-7-4-12-32-20)22(13-17-8-10-19(11-9-17)27(29)30)26-23(28)25-14-18-5-2-1-3-6-18/h1-12,16,22H,13-15,24H2,(H2,25,26,28)/b21-16-/t22-/m0/s1. The quantitative estimate of drug-likeness (QED) is 0.292. The summed E-state index contributed by atoms with van der Waals surface area (Å²) in [5.41, 5.74) is 8.71. The lowest BCUT2D eigenvalue weighted by molar-refractivity contribution is -0.384. The second-order valence-corrected chi connectivity index (χ2v) is 8.89. The van der Waals surface area contributed by atoms with Crippen molar-refractivity contribution >= 4 is 34.8 Å². The summed E-state index contributed by atoms with van der Waals surface area (Å²) in [6, 6.07) is 19.2. The molecule has 3 rings (SSSR count). The minimum Gasteiger partial charge on any atom is -0.400 e. The van der Waals surface area contributed by atoms with E-state index in [0.29, 0.717) is 18.7 Å². The molecule has 7 nitrogen and oxygen atoms in total. The number of carbonyl (C=O) groups excluding carboxylic acids is 1. The Labute approximate surface area is 194 Å². The van der Waals surface area contributed by atoms with Crippen LogP contribution in [0.4, 0.5) is 10.5 Å². The normalized spacial score (nSPS) is 12.2. The first-order valence-corrected chi connectivity index (χ1v) is 11.9. The summed E-state index contributed by atoms with van der Waals surface area (Å²) in [6.07, 6.45) is 0.415. The number of thioether (sulfide) groups is 1. The lowest BCUT2D eigenvalue weighted by Crippen LogP contribution is -2.45. The van der Waals surface area contributed by atoms with Crippen molar-refractivity contribution in [2.45, 2.75) is 24.8 Å². The first kappa shape index (κ1) is 23.4. The predicted molar refractivity (Wildman–Crippen MR) is 130 cm³/mol. The number of rotatable bonds is 10. The van der Waals surface area contributed by atoms with Gasteiger partial charge in [-0.3, -0.25) is 10.1 Å². The SMILES string of the molecule is N/C(=C\SCc1cccs1)[C@H](Cc1ccc([N+](=O)[O-])cc1)NC(=O)NCc1ccccc1. The minimum atomic E-state index is -0.455. The third-order valence-electron chi connectivity index (χ3n) is 4.62. The molecule has 2 aromatic carbocycles. The summed E-state index contributed by atoms with van der Waals surface area (Å²) in [5.74, 6) is 0.794. The minimum absolute atomic E-state index is 0.0221. The van der Waals surface area contributed by atoms with Gasteiger partial charge in [0, 0.05) is 35.0 Å². The molecule has 0 aliphatic heterocycles. The van der Waals surface area contributed by atoms with Gasteiger partial charge in [0.25, 0.3) is 5.69 Å². The van der Waals surface area contributed by atoms with Gasteiger partial charge in [-0.1, -0.05) is 48.5 Å². The molecule has 0 aliphatic carbocycles. The first-order chi connectivity index (χ1) is 15.5. The van der Waals surface area contributed by atoms with Crippen LogP contribution in [0.5, 0.6) is 0 Å². The molecule has 32 heavy (non-hydrogen) atoms.